The van der Waals surface area contributed by atoms with Crippen LogP contribution in [-0.2, 0) is 26.0 Å². The Morgan fingerprint density at radius 3 is 2.47 bits per heavy atom. The molecule has 0 bridgehead atoms. The second-order valence-electron chi connectivity index (χ2n) is 10.1. The molecule has 3 atom stereocenters. The predicted molar refractivity (Wildman–Crippen MR) is 128 cm³/mol. The van der Waals surface area contributed by atoms with Gasteiger partial charge >= 0.3 is 0 Å². The molecule has 1 amide bonds. The van der Waals surface area contributed by atoms with Crippen molar-refractivity contribution in [2.45, 2.75) is 50.3 Å². The van der Waals surface area contributed by atoms with Crippen LogP contribution in [-0.4, -0.2) is 57.3 Å². The van der Waals surface area contributed by atoms with E-state index in [1.54, 1.807) is 24.1 Å². The van der Waals surface area contributed by atoms with E-state index in [0.29, 0.717) is 17.7 Å². The van der Waals surface area contributed by atoms with Crippen molar-refractivity contribution >= 4 is 15.9 Å². The monoisotopic (exact) mass is 486 g/mol. The van der Waals surface area contributed by atoms with Crippen molar-refractivity contribution in [2.75, 3.05) is 19.9 Å². The van der Waals surface area contributed by atoms with Gasteiger partial charge in [0, 0.05) is 30.7 Å². The van der Waals surface area contributed by atoms with Gasteiger partial charge in [0.1, 0.15) is 11.9 Å². The number of carbonyl (C=O) groups is 1. The van der Waals surface area contributed by atoms with E-state index in [1.807, 2.05) is 36.4 Å². The lowest BCUT2D eigenvalue weighted by Crippen LogP contribution is -2.51. The van der Waals surface area contributed by atoms with Gasteiger partial charge in [-0.15, -0.1) is 0 Å². The molecule has 34 heavy (non-hydrogen) atoms. The van der Waals surface area contributed by atoms with Crippen LogP contribution in [0.1, 0.15) is 31.2 Å². The predicted octanol–water partition coefficient (Wildman–Crippen LogP) is 3.37. The fourth-order valence-corrected chi connectivity index (χ4v) is 6.41. The smallest absolute Gasteiger partial charge is 0.252 e. The first kappa shape index (κ1) is 23.5. The number of nitrogens with one attached hydrogen (secondary N) is 1. The van der Waals surface area contributed by atoms with Crippen molar-refractivity contribution in [2.24, 2.45) is 11.3 Å². The number of ether oxygens (including phenoxy) is 1. The standard InChI is InChI=1S/C26H31FN2O4S/c1-33-23(18-11-12-18)25(30)29-16-26(13-14-26)24(28-34(2,31)32)21(29)15-19-9-6-10-20(22(19)27)17-7-4-3-5-8-17/h3-10,18,21,23-24,28H,11-16H2,1-2H3/t21?,23-,24?/m0/s1. The molecule has 1 heterocycles. The molecule has 8 heteroatoms. The van der Waals surface area contributed by atoms with Crippen molar-refractivity contribution in [1.82, 2.24) is 9.62 Å². The average molecular weight is 487 g/mol. The minimum atomic E-state index is -3.52. The number of sulfonamides is 1. The third-order valence-corrected chi connectivity index (χ3v) is 8.27. The molecule has 1 aliphatic heterocycles. The molecule has 5 rings (SSSR count). The van der Waals surface area contributed by atoms with Gasteiger partial charge in [-0.05, 0) is 49.1 Å². The lowest BCUT2D eigenvalue weighted by molar-refractivity contribution is -0.144. The van der Waals surface area contributed by atoms with E-state index in [0.717, 1.165) is 37.5 Å². The Bertz CT molecular complexity index is 1180. The van der Waals surface area contributed by atoms with Gasteiger partial charge in [0.05, 0.1) is 12.3 Å². The summed E-state index contributed by atoms with van der Waals surface area (Å²) >= 11 is 0. The first-order valence-electron chi connectivity index (χ1n) is 11.9. The first-order valence-corrected chi connectivity index (χ1v) is 13.7. The number of nitrogens with zero attached hydrogens (tertiary/aromatic N) is 1. The molecule has 182 valence electrons. The van der Waals surface area contributed by atoms with Gasteiger partial charge in [0.2, 0.25) is 10.0 Å². The average Bonchev–Trinajstić information content (AvgIpc) is 3.72. The summed E-state index contributed by atoms with van der Waals surface area (Å²) in [4.78, 5) is 15.4. The van der Waals surface area contributed by atoms with Crippen molar-refractivity contribution in [3.63, 3.8) is 0 Å². The fourth-order valence-electron chi connectivity index (χ4n) is 5.54. The molecule has 1 spiro atoms. The molecule has 1 N–H and O–H groups in total. The third-order valence-electron chi connectivity index (χ3n) is 7.59. The minimum Gasteiger partial charge on any atom is -0.371 e. The Morgan fingerprint density at radius 1 is 1.18 bits per heavy atom. The van der Waals surface area contributed by atoms with E-state index in [4.69, 9.17) is 4.74 Å². The Morgan fingerprint density at radius 2 is 1.88 bits per heavy atom. The highest BCUT2D eigenvalue weighted by atomic mass is 32.2. The topological polar surface area (TPSA) is 75.7 Å². The molecule has 2 aliphatic carbocycles. The zero-order valence-corrected chi connectivity index (χ0v) is 20.4. The second kappa shape index (κ2) is 8.73. The number of hydrogen-bond acceptors (Lipinski definition) is 4. The summed E-state index contributed by atoms with van der Waals surface area (Å²) in [7, 11) is -1.97. The Labute approximate surface area is 200 Å². The van der Waals surface area contributed by atoms with Crippen molar-refractivity contribution < 1.29 is 22.3 Å². The van der Waals surface area contributed by atoms with Crippen LogP contribution in [0.15, 0.2) is 48.5 Å². The fraction of sp³-hybridized carbons (Fsp3) is 0.500. The number of halogens is 1. The summed E-state index contributed by atoms with van der Waals surface area (Å²) in [5.41, 5.74) is 1.45. The maximum Gasteiger partial charge on any atom is 0.252 e. The van der Waals surface area contributed by atoms with Gasteiger partial charge in [-0.2, -0.15) is 0 Å². The molecule has 2 saturated carbocycles. The second-order valence-corrected chi connectivity index (χ2v) is 11.9. The number of benzene rings is 2. The molecule has 3 fully saturated rings. The molecule has 0 radical (unpaired) electrons. The lowest BCUT2D eigenvalue weighted by Gasteiger charge is -2.31. The van der Waals surface area contributed by atoms with Gasteiger partial charge in [-0.1, -0.05) is 48.5 Å². The molecule has 2 unspecified atom stereocenters. The van der Waals surface area contributed by atoms with Crippen molar-refractivity contribution in [1.29, 1.82) is 0 Å². The summed E-state index contributed by atoms with van der Waals surface area (Å²) in [6.45, 7) is 0.469. The van der Waals surface area contributed by atoms with Crippen LogP contribution in [0.5, 0.6) is 0 Å². The summed E-state index contributed by atoms with van der Waals surface area (Å²) in [5.74, 6) is -0.242. The van der Waals surface area contributed by atoms with Crippen LogP contribution in [0.3, 0.4) is 0 Å². The highest BCUT2D eigenvalue weighted by molar-refractivity contribution is 7.88. The van der Waals surface area contributed by atoms with Crippen LogP contribution >= 0.6 is 0 Å². The Kier molecular flexibility index (Phi) is 6.02. The molecule has 0 aromatic heterocycles. The van der Waals surface area contributed by atoms with E-state index in [1.165, 1.54) is 0 Å². The van der Waals surface area contributed by atoms with Gasteiger partial charge < -0.3 is 9.64 Å². The van der Waals surface area contributed by atoms with Crippen LogP contribution in [0.25, 0.3) is 11.1 Å². The number of hydrogen-bond donors (Lipinski definition) is 1. The lowest BCUT2D eigenvalue weighted by atomic mass is 9.91. The van der Waals surface area contributed by atoms with E-state index in [9.17, 15) is 13.2 Å². The largest absolute Gasteiger partial charge is 0.371 e. The van der Waals surface area contributed by atoms with Crippen LogP contribution in [0.2, 0.25) is 0 Å². The van der Waals surface area contributed by atoms with Gasteiger partial charge in [0.15, 0.2) is 0 Å². The van der Waals surface area contributed by atoms with E-state index in [-0.39, 0.29) is 29.5 Å². The minimum absolute atomic E-state index is 0.112. The number of carbonyl (C=O) groups excluding carboxylic acids is 1. The Balaban J connectivity index is 1.51. The molecule has 3 aliphatic rings. The third kappa shape index (κ3) is 4.51. The molecule has 2 aromatic rings. The van der Waals surface area contributed by atoms with Crippen molar-refractivity contribution in [3.05, 3.63) is 59.9 Å². The normalized spacial score (nSPS) is 24.4. The highest BCUT2D eigenvalue weighted by Gasteiger charge is 2.62. The highest BCUT2D eigenvalue weighted by Crippen LogP contribution is 2.56. The maximum atomic E-state index is 15.7. The Hall–Kier alpha value is -2.29. The zero-order chi connectivity index (χ0) is 24.1. The van der Waals surface area contributed by atoms with Crippen molar-refractivity contribution in [3.8, 4) is 11.1 Å². The molecular weight excluding hydrogens is 455 g/mol. The van der Waals surface area contributed by atoms with E-state index < -0.39 is 28.2 Å². The summed E-state index contributed by atoms with van der Waals surface area (Å²) in [5, 5.41) is 0. The van der Waals surface area contributed by atoms with Crippen LogP contribution in [0.4, 0.5) is 4.39 Å². The van der Waals surface area contributed by atoms with Gasteiger partial charge in [-0.25, -0.2) is 17.5 Å². The number of methoxy groups -OCH3 is 1. The van der Waals surface area contributed by atoms with Crippen LogP contribution in [0, 0.1) is 17.2 Å². The number of likely N-dealkylation sites (tertiary alicyclic amines) is 1. The number of rotatable bonds is 8. The summed E-state index contributed by atoms with van der Waals surface area (Å²) in [6.07, 6.45) is 4.43. The van der Waals surface area contributed by atoms with E-state index >= 15 is 4.39 Å². The SMILES string of the molecule is CO[C@H](C(=O)N1CC2(CC2)C(NS(C)(=O)=O)C1Cc1cccc(-c2ccccc2)c1F)C1CC1. The number of amides is 1. The zero-order valence-electron chi connectivity index (χ0n) is 19.5. The van der Waals surface area contributed by atoms with Gasteiger partial charge in [0.25, 0.3) is 5.91 Å². The van der Waals surface area contributed by atoms with Crippen LogP contribution < -0.4 is 4.72 Å². The maximum absolute atomic E-state index is 15.7. The molecule has 6 nitrogen and oxygen atoms in total. The quantitative estimate of drug-likeness (QED) is 0.621. The molecular formula is C26H31FN2O4S. The molecule has 2 aromatic carbocycles. The molecule has 1 saturated heterocycles. The summed E-state index contributed by atoms with van der Waals surface area (Å²) < 4.78 is 48.6. The summed E-state index contributed by atoms with van der Waals surface area (Å²) in [6, 6.07) is 13.7. The first-order chi connectivity index (χ1) is 16.2. The van der Waals surface area contributed by atoms with E-state index in [2.05, 4.69) is 4.72 Å². The van der Waals surface area contributed by atoms with Gasteiger partial charge in [-0.3, -0.25) is 4.79 Å².